The minimum absolute atomic E-state index is 0.231. The van der Waals surface area contributed by atoms with E-state index < -0.39 is 0 Å². The Morgan fingerprint density at radius 2 is 1.90 bits per heavy atom. The van der Waals surface area contributed by atoms with Crippen molar-refractivity contribution in [2.45, 2.75) is 6.92 Å². The molecule has 0 aliphatic heterocycles. The number of nitrogens with one attached hydrogen (secondary N) is 1. The molecule has 0 unspecified atom stereocenters. The summed E-state index contributed by atoms with van der Waals surface area (Å²) in [7, 11) is 1.61. The van der Waals surface area contributed by atoms with Crippen LogP contribution in [0.5, 0.6) is 11.5 Å². The summed E-state index contributed by atoms with van der Waals surface area (Å²) < 4.78 is 15.7. The molecule has 0 aliphatic carbocycles. The second-order valence-electron chi connectivity index (χ2n) is 4.21. The van der Waals surface area contributed by atoms with Gasteiger partial charge in [-0.1, -0.05) is 0 Å². The number of furan rings is 1. The Morgan fingerprint density at radius 1 is 1.20 bits per heavy atom. The Hall–Kier alpha value is -2.43. The van der Waals surface area contributed by atoms with Crippen molar-refractivity contribution in [3.8, 4) is 11.5 Å². The number of rotatable bonds is 6. The molecule has 0 saturated carbocycles. The van der Waals surface area contributed by atoms with E-state index in [1.807, 2.05) is 31.2 Å². The van der Waals surface area contributed by atoms with Crippen molar-refractivity contribution in [3.05, 3.63) is 47.9 Å². The van der Waals surface area contributed by atoms with E-state index in [9.17, 15) is 4.79 Å². The fourth-order valence-corrected chi connectivity index (χ4v) is 1.69. The van der Waals surface area contributed by atoms with Crippen LogP contribution in [-0.4, -0.2) is 26.2 Å². The third-order valence-electron chi connectivity index (χ3n) is 2.78. The van der Waals surface area contributed by atoms with Crippen molar-refractivity contribution < 1.29 is 18.7 Å². The molecule has 1 heterocycles. The van der Waals surface area contributed by atoms with Gasteiger partial charge in [0.15, 0.2) is 5.76 Å². The van der Waals surface area contributed by atoms with E-state index in [0.717, 1.165) is 17.1 Å². The molecule has 1 aromatic carbocycles. The molecule has 5 heteroatoms. The fraction of sp³-hybridized carbons (Fsp3) is 0.267. The van der Waals surface area contributed by atoms with Crippen LogP contribution in [-0.2, 0) is 0 Å². The average Bonchev–Trinajstić information content (AvgIpc) is 2.90. The first-order valence-electron chi connectivity index (χ1n) is 6.30. The number of hydrogen-bond donors (Lipinski definition) is 1. The Balaban J connectivity index is 1.73. The summed E-state index contributed by atoms with van der Waals surface area (Å²) in [5.74, 6) is 1.62. The highest BCUT2D eigenvalue weighted by molar-refractivity contribution is 5.92. The van der Waals surface area contributed by atoms with Crippen molar-refractivity contribution in [2.24, 2.45) is 0 Å². The number of benzene rings is 1. The minimum Gasteiger partial charge on any atom is -0.497 e. The zero-order chi connectivity index (χ0) is 14.4. The molecular formula is C15H17NO4. The van der Waals surface area contributed by atoms with Crippen LogP contribution in [0.1, 0.15) is 16.1 Å². The standard InChI is InChI=1S/C15H17NO4/c1-11-7-9-20-14(11)15(17)16-8-10-19-13-5-3-12(18-2)4-6-13/h3-7,9H,8,10H2,1-2H3,(H,16,17). The predicted octanol–water partition coefficient (Wildman–Crippen LogP) is 2.41. The van der Waals surface area contributed by atoms with E-state index in [1.165, 1.54) is 6.26 Å². The Morgan fingerprint density at radius 3 is 2.50 bits per heavy atom. The van der Waals surface area contributed by atoms with E-state index in [1.54, 1.807) is 13.2 Å². The molecule has 0 atom stereocenters. The predicted molar refractivity (Wildman–Crippen MR) is 74.3 cm³/mol. The first-order chi connectivity index (χ1) is 9.70. The second-order valence-corrected chi connectivity index (χ2v) is 4.21. The van der Waals surface area contributed by atoms with E-state index in [-0.39, 0.29) is 5.91 Å². The molecule has 106 valence electrons. The fourth-order valence-electron chi connectivity index (χ4n) is 1.69. The molecule has 0 aliphatic rings. The third kappa shape index (κ3) is 3.54. The molecule has 1 N–H and O–H groups in total. The summed E-state index contributed by atoms with van der Waals surface area (Å²) >= 11 is 0. The lowest BCUT2D eigenvalue weighted by Gasteiger charge is -2.08. The molecule has 0 fully saturated rings. The summed E-state index contributed by atoms with van der Waals surface area (Å²) in [6, 6.07) is 9.03. The quantitative estimate of drug-likeness (QED) is 0.822. The van der Waals surface area contributed by atoms with Crippen LogP contribution in [0.3, 0.4) is 0 Å². The van der Waals surface area contributed by atoms with Gasteiger partial charge in [-0.3, -0.25) is 4.79 Å². The van der Waals surface area contributed by atoms with Crippen LogP contribution >= 0.6 is 0 Å². The highest BCUT2D eigenvalue weighted by atomic mass is 16.5. The third-order valence-corrected chi connectivity index (χ3v) is 2.78. The normalized spacial score (nSPS) is 10.1. The first kappa shape index (κ1) is 14.0. The van der Waals surface area contributed by atoms with E-state index in [4.69, 9.17) is 13.9 Å². The minimum atomic E-state index is -0.231. The number of amides is 1. The smallest absolute Gasteiger partial charge is 0.287 e. The van der Waals surface area contributed by atoms with Crippen molar-refractivity contribution in [3.63, 3.8) is 0 Å². The number of methoxy groups -OCH3 is 1. The van der Waals surface area contributed by atoms with Crippen molar-refractivity contribution >= 4 is 5.91 Å². The number of aryl methyl sites for hydroxylation is 1. The molecule has 20 heavy (non-hydrogen) atoms. The molecule has 5 nitrogen and oxygen atoms in total. The lowest BCUT2D eigenvalue weighted by Crippen LogP contribution is -2.28. The van der Waals surface area contributed by atoms with Gasteiger partial charge < -0.3 is 19.2 Å². The van der Waals surface area contributed by atoms with Crippen LogP contribution in [0.4, 0.5) is 0 Å². The van der Waals surface area contributed by atoms with Gasteiger partial charge in [-0.05, 0) is 37.3 Å². The van der Waals surface area contributed by atoms with Crippen LogP contribution < -0.4 is 14.8 Å². The van der Waals surface area contributed by atoms with Gasteiger partial charge in [0, 0.05) is 5.56 Å². The lowest BCUT2D eigenvalue weighted by molar-refractivity contribution is 0.0918. The monoisotopic (exact) mass is 275 g/mol. The summed E-state index contributed by atoms with van der Waals surface area (Å²) in [5.41, 5.74) is 0.818. The van der Waals surface area contributed by atoms with Crippen LogP contribution in [0.25, 0.3) is 0 Å². The van der Waals surface area contributed by atoms with Gasteiger partial charge in [-0.25, -0.2) is 0 Å². The first-order valence-corrected chi connectivity index (χ1v) is 6.30. The maximum atomic E-state index is 11.7. The maximum absolute atomic E-state index is 11.7. The Kier molecular flexibility index (Phi) is 4.65. The van der Waals surface area contributed by atoms with Gasteiger partial charge >= 0.3 is 0 Å². The molecule has 0 saturated heterocycles. The van der Waals surface area contributed by atoms with Gasteiger partial charge in [0.1, 0.15) is 18.1 Å². The molecule has 0 radical (unpaired) electrons. The van der Waals surface area contributed by atoms with Crippen LogP contribution in [0.2, 0.25) is 0 Å². The van der Waals surface area contributed by atoms with Crippen molar-refractivity contribution in [2.75, 3.05) is 20.3 Å². The highest BCUT2D eigenvalue weighted by Crippen LogP contribution is 2.16. The topological polar surface area (TPSA) is 60.7 Å². The van der Waals surface area contributed by atoms with Crippen LogP contribution in [0, 0.1) is 6.92 Å². The summed E-state index contributed by atoms with van der Waals surface area (Å²) in [6.45, 7) is 2.62. The van der Waals surface area contributed by atoms with E-state index in [0.29, 0.717) is 18.9 Å². The van der Waals surface area contributed by atoms with Crippen molar-refractivity contribution in [1.82, 2.24) is 5.32 Å². The number of carbonyl (C=O) groups excluding carboxylic acids is 1. The number of carbonyl (C=O) groups is 1. The Bertz CT molecular complexity index is 560. The number of hydrogen-bond acceptors (Lipinski definition) is 4. The van der Waals surface area contributed by atoms with Crippen LogP contribution in [0.15, 0.2) is 41.0 Å². The summed E-state index contributed by atoms with van der Waals surface area (Å²) in [4.78, 5) is 11.7. The van der Waals surface area contributed by atoms with Gasteiger partial charge in [-0.2, -0.15) is 0 Å². The molecule has 2 aromatic rings. The molecule has 2 rings (SSSR count). The zero-order valence-corrected chi connectivity index (χ0v) is 11.5. The molecular weight excluding hydrogens is 258 g/mol. The molecule has 0 bridgehead atoms. The lowest BCUT2D eigenvalue weighted by atomic mass is 10.3. The van der Waals surface area contributed by atoms with Gasteiger partial charge in [0.25, 0.3) is 5.91 Å². The highest BCUT2D eigenvalue weighted by Gasteiger charge is 2.11. The maximum Gasteiger partial charge on any atom is 0.287 e. The number of ether oxygens (including phenoxy) is 2. The van der Waals surface area contributed by atoms with Crippen molar-refractivity contribution in [1.29, 1.82) is 0 Å². The SMILES string of the molecule is COc1ccc(OCCNC(=O)c2occc2C)cc1. The van der Waals surface area contributed by atoms with Gasteiger partial charge in [-0.15, -0.1) is 0 Å². The zero-order valence-electron chi connectivity index (χ0n) is 11.5. The Labute approximate surface area is 117 Å². The molecule has 1 aromatic heterocycles. The summed E-state index contributed by atoms with van der Waals surface area (Å²) in [5, 5.41) is 2.74. The largest absolute Gasteiger partial charge is 0.497 e. The molecule has 0 spiro atoms. The van der Waals surface area contributed by atoms with Gasteiger partial charge in [0.05, 0.1) is 19.9 Å². The van der Waals surface area contributed by atoms with E-state index >= 15 is 0 Å². The molecule has 1 amide bonds. The van der Waals surface area contributed by atoms with Gasteiger partial charge in [0.2, 0.25) is 0 Å². The average molecular weight is 275 g/mol. The summed E-state index contributed by atoms with van der Waals surface area (Å²) in [6.07, 6.45) is 1.50. The second kappa shape index (κ2) is 6.65. The van der Waals surface area contributed by atoms with E-state index in [2.05, 4.69) is 5.32 Å².